The van der Waals surface area contributed by atoms with Gasteiger partial charge in [-0.2, -0.15) is 0 Å². The lowest BCUT2D eigenvalue weighted by atomic mass is 10.0. The first kappa shape index (κ1) is 22.5. The number of hydrogen-bond acceptors (Lipinski definition) is 5. The molecule has 32 heavy (non-hydrogen) atoms. The minimum Gasteiger partial charge on any atom is -0.479 e. The molecule has 1 amide bonds. The maximum atomic E-state index is 12.4. The van der Waals surface area contributed by atoms with Crippen LogP contribution >= 0.6 is 46.8 Å². The predicted octanol–water partition coefficient (Wildman–Crippen LogP) is 6.55. The fourth-order valence-electron chi connectivity index (χ4n) is 3.06. The van der Waals surface area contributed by atoms with Gasteiger partial charge in [-0.05, 0) is 48.1 Å². The molecule has 2 N–H and O–H groups in total. The van der Waals surface area contributed by atoms with E-state index in [1.54, 1.807) is 25.1 Å². The summed E-state index contributed by atoms with van der Waals surface area (Å²) in [7, 11) is 0. The number of thiazole rings is 1. The molecule has 0 radical (unpaired) electrons. The molecule has 0 bridgehead atoms. The maximum absolute atomic E-state index is 12.4. The number of benzene rings is 3. The molecule has 4 rings (SSSR count). The first-order valence-corrected chi connectivity index (χ1v) is 11.6. The van der Waals surface area contributed by atoms with Crippen molar-refractivity contribution in [2.75, 3.05) is 5.32 Å². The van der Waals surface area contributed by atoms with Crippen LogP contribution in [0.2, 0.25) is 10.0 Å². The van der Waals surface area contributed by atoms with Crippen LogP contribution in [0.15, 0.2) is 66.0 Å². The number of hydrogen-bond donors (Lipinski definition) is 2. The lowest BCUT2D eigenvalue weighted by Crippen LogP contribution is -2.42. The summed E-state index contributed by atoms with van der Waals surface area (Å²) in [5, 5.41) is 11.3. The number of nitrogens with one attached hydrogen (secondary N) is 2. The van der Waals surface area contributed by atoms with Gasteiger partial charge in [-0.25, -0.2) is 4.98 Å². The molecule has 1 aromatic heterocycles. The van der Waals surface area contributed by atoms with E-state index >= 15 is 0 Å². The Morgan fingerprint density at radius 2 is 1.91 bits per heavy atom. The van der Waals surface area contributed by atoms with Gasteiger partial charge in [0, 0.05) is 16.0 Å². The van der Waals surface area contributed by atoms with E-state index in [4.69, 9.17) is 40.2 Å². The van der Waals surface area contributed by atoms with E-state index < -0.39 is 12.0 Å². The van der Waals surface area contributed by atoms with Crippen LogP contribution in [0.4, 0.5) is 5.13 Å². The summed E-state index contributed by atoms with van der Waals surface area (Å²) in [6.07, 6.45) is -0.823. The summed E-state index contributed by atoms with van der Waals surface area (Å²) in [4.78, 5) is 17.1. The van der Waals surface area contributed by atoms with Crippen LogP contribution in [0.1, 0.15) is 6.92 Å². The van der Waals surface area contributed by atoms with Crippen molar-refractivity contribution in [2.45, 2.75) is 13.0 Å². The lowest BCUT2D eigenvalue weighted by molar-refractivity contribution is -0.125. The van der Waals surface area contributed by atoms with Gasteiger partial charge < -0.3 is 10.1 Å². The topological polar surface area (TPSA) is 63.2 Å². The molecular formula is C23H17Cl2N3O2S2. The predicted molar refractivity (Wildman–Crippen MR) is 136 cm³/mol. The number of rotatable bonds is 5. The summed E-state index contributed by atoms with van der Waals surface area (Å²) in [5.74, 6) is -0.0587. The largest absolute Gasteiger partial charge is 0.479 e. The van der Waals surface area contributed by atoms with Crippen LogP contribution < -0.4 is 15.4 Å². The first-order valence-electron chi connectivity index (χ1n) is 9.58. The van der Waals surface area contributed by atoms with Gasteiger partial charge in [-0.1, -0.05) is 65.7 Å². The molecule has 1 unspecified atom stereocenters. The Kier molecular flexibility index (Phi) is 6.91. The number of carbonyl (C=O) groups excluding carboxylic acids is 1. The second-order valence-corrected chi connectivity index (χ2v) is 8.95. The summed E-state index contributed by atoms with van der Waals surface area (Å²) in [5.41, 5.74) is 1.86. The van der Waals surface area contributed by atoms with Gasteiger partial charge in [-0.3, -0.25) is 10.1 Å². The zero-order valence-corrected chi connectivity index (χ0v) is 19.9. The van der Waals surface area contributed by atoms with Gasteiger partial charge in [0.15, 0.2) is 16.3 Å². The standard InChI is InChI=1S/C23H17Cl2N3O2S2/c1-13(30-20-10-9-15(24)11-18(20)25)21(29)27-22(31)28-23-26-19(12-32-23)17-8-4-6-14-5-2-3-7-16(14)17/h2-13H,1H3,(H2,26,27,28,29,31). The molecule has 5 nitrogen and oxygen atoms in total. The van der Waals surface area contributed by atoms with Crippen molar-refractivity contribution >= 4 is 73.7 Å². The number of carbonyl (C=O) groups is 1. The normalized spacial score (nSPS) is 11.7. The van der Waals surface area contributed by atoms with Gasteiger partial charge in [-0.15, -0.1) is 11.3 Å². The average molecular weight is 502 g/mol. The fraction of sp³-hybridized carbons (Fsp3) is 0.0870. The molecular weight excluding hydrogens is 485 g/mol. The Labute approximate surface area is 204 Å². The summed E-state index contributed by atoms with van der Waals surface area (Å²) in [6, 6.07) is 19.0. The summed E-state index contributed by atoms with van der Waals surface area (Å²) < 4.78 is 5.61. The van der Waals surface area contributed by atoms with Crippen molar-refractivity contribution < 1.29 is 9.53 Å². The minimum atomic E-state index is -0.823. The van der Waals surface area contributed by atoms with Crippen LogP contribution in [0, 0.1) is 0 Å². The molecule has 9 heteroatoms. The number of amides is 1. The Morgan fingerprint density at radius 3 is 2.72 bits per heavy atom. The highest BCUT2D eigenvalue weighted by atomic mass is 35.5. The highest BCUT2D eigenvalue weighted by Gasteiger charge is 2.18. The molecule has 162 valence electrons. The molecule has 1 atom stereocenters. The van der Waals surface area contributed by atoms with Crippen molar-refractivity contribution in [3.63, 3.8) is 0 Å². The molecule has 1 heterocycles. The van der Waals surface area contributed by atoms with Crippen molar-refractivity contribution in [2.24, 2.45) is 0 Å². The van der Waals surface area contributed by atoms with Crippen LogP contribution in [0.3, 0.4) is 0 Å². The van der Waals surface area contributed by atoms with Crippen molar-refractivity contribution in [1.29, 1.82) is 0 Å². The third-order valence-electron chi connectivity index (χ3n) is 4.59. The van der Waals surface area contributed by atoms with E-state index in [-0.39, 0.29) is 5.11 Å². The third-order valence-corrected chi connectivity index (χ3v) is 6.09. The number of ether oxygens (including phenoxy) is 1. The first-order chi connectivity index (χ1) is 15.4. The van der Waals surface area contributed by atoms with Crippen LogP contribution in [0.5, 0.6) is 5.75 Å². The Balaban J connectivity index is 1.39. The van der Waals surface area contributed by atoms with E-state index in [1.165, 1.54) is 11.3 Å². The Hall–Kier alpha value is -2.71. The molecule has 0 saturated heterocycles. The lowest BCUT2D eigenvalue weighted by Gasteiger charge is -2.16. The monoisotopic (exact) mass is 501 g/mol. The highest BCUT2D eigenvalue weighted by Crippen LogP contribution is 2.31. The zero-order valence-electron chi connectivity index (χ0n) is 16.8. The van der Waals surface area contributed by atoms with Gasteiger partial charge in [0.25, 0.3) is 5.91 Å². The summed E-state index contributed by atoms with van der Waals surface area (Å²) >= 11 is 18.6. The van der Waals surface area contributed by atoms with Gasteiger partial charge in [0.05, 0.1) is 10.7 Å². The van der Waals surface area contributed by atoms with E-state index in [1.807, 2.05) is 29.6 Å². The van der Waals surface area contributed by atoms with Crippen molar-refractivity contribution in [3.8, 4) is 17.0 Å². The molecule has 4 aromatic rings. The quantitative estimate of drug-likeness (QED) is 0.303. The van der Waals surface area contributed by atoms with Crippen molar-refractivity contribution in [1.82, 2.24) is 10.3 Å². The number of thiocarbonyl (C=S) groups is 1. The number of halogens is 2. The Bertz CT molecular complexity index is 1300. The Morgan fingerprint density at radius 1 is 1.12 bits per heavy atom. The van der Waals surface area contributed by atoms with E-state index in [0.717, 1.165) is 22.0 Å². The number of aromatic nitrogens is 1. The van der Waals surface area contributed by atoms with E-state index in [2.05, 4.69) is 33.8 Å². The maximum Gasteiger partial charge on any atom is 0.266 e. The van der Waals surface area contributed by atoms with Crippen LogP contribution in [-0.4, -0.2) is 22.1 Å². The highest BCUT2D eigenvalue weighted by molar-refractivity contribution is 7.80. The zero-order chi connectivity index (χ0) is 22.7. The third kappa shape index (κ3) is 5.19. The number of nitrogens with zero attached hydrogens (tertiary/aromatic N) is 1. The SMILES string of the molecule is CC(Oc1ccc(Cl)cc1Cl)C(=O)NC(=S)Nc1nc(-c2cccc3ccccc23)cs1. The smallest absolute Gasteiger partial charge is 0.266 e. The molecule has 0 fully saturated rings. The summed E-state index contributed by atoms with van der Waals surface area (Å²) in [6.45, 7) is 1.60. The van der Waals surface area contributed by atoms with E-state index in [0.29, 0.717) is 20.9 Å². The molecule has 0 saturated carbocycles. The average Bonchev–Trinajstić information content (AvgIpc) is 3.23. The molecule has 0 aliphatic carbocycles. The molecule has 0 aliphatic rings. The second kappa shape index (κ2) is 9.83. The second-order valence-electron chi connectivity index (χ2n) is 6.84. The molecule has 0 spiro atoms. The van der Waals surface area contributed by atoms with Crippen molar-refractivity contribution in [3.05, 3.63) is 76.1 Å². The van der Waals surface area contributed by atoms with Crippen LogP contribution in [0.25, 0.3) is 22.0 Å². The van der Waals surface area contributed by atoms with Gasteiger partial charge in [0.2, 0.25) is 0 Å². The molecule has 0 aliphatic heterocycles. The van der Waals surface area contributed by atoms with Crippen LogP contribution in [-0.2, 0) is 4.79 Å². The van der Waals surface area contributed by atoms with E-state index in [9.17, 15) is 4.79 Å². The molecule has 3 aromatic carbocycles. The van der Waals surface area contributed by atoms with Gasteiger partial charge in [0.1, 0.15) is 5.75 Å². The minimum absolute atomic E-state index is 0.131. The fourth-order valence-corrected chi connectivity index (χ4v) is 4.49. The number of anilines is 1. The number of fused-ring (bicyclic) bond motifs is 1. The van der Waals surface area contributed by atoms with Gasteiger partial charge >= 0.3 is 0 Å².